The van der Waals surface area contributed by atoms with Crippen molar-refractivity contribution in [1.82, 2.24) is 14.7 Å². The highest BCUT2D eigenvalue weighted by molar-refractivity contribution is 7.20. The van der Waals surface area contributed by atoms with E-state index in [0.717, 1.165) is 21.5 Å². The molecule has 1 aromatic carbocycles. The molecule has 0 N–H and O–H groups in total. The van der Waals surface area contributed by atoms with Gasteiger partial charge >= 0.3 is 5.97 Å². The van der Waals surface area contributed by atoms with Gasteiger partial charge < -0.3 is 9.64 Å². The Morgan fingerprint density at radius 3 is 2.68 bits per heavy atom. The van der Waals surface area contributed by atoms with Crippen LogP contribution < -0.4 is 0 Å². The number of ether oxygens (including phenoxy) is 1. The van der Waals surface area contributed by atoms with E-state index < -0.39 is 5.97 Å². The van der Waals surface area contributed by atoms with E-state index in [1.165, 1.54) is 23.3 Å². The highest BCUT2D eigenvalue weighted by Gasteiger charge is 2.25. The molecule has 0 spiro atoms. The number of aromatic nitrogens is 2. The van der Waals surface area contributed by atoms with Crippen LogP contribution in [0.1, 0.15) is 34.8 Å². The predicted molar refractivity (Wildman–Crippen MR) is 111 cm³/mol. The fourth-order valence-corrected chi connectivity index (χ4v) is 4.26. The zero-order valence-electron chi connectivity index (χ0n) is 16.2. The van der Waals surface area contributed by atoms with Gasteiger partial charge in [0.2, 0.25) is 0 Å². The van der Waals surface area contributed by atoms with Crippen LogP contribution in [-0.4, -0.2) is 46.3 Å². The summed E-state index contributed by atoms with van der Waals surface area (Å²) in [5, 5.41) is 6.21. The average Bonchev–Trinajstić information content (AvgIpc) is 3.22. The van der Waals surface area contributed by atoms with Crippen LogP contribution in [0.2, 0.25) is 5.02 Å². The quantitative estimate of drug-likeness (QED) is 0.563. The fraction of sp³-hybridized carbons (Fsp3) is 0.350. The van der Waals surface area contributed by atoms with Gasteiger partial charge in [0.25, 0.3) is 5.91 Å². The first-order chi connectivity index (χ1) is 13.3. The Morgan fingerprint density at radius 1 is 1.32 bits per heavy atom. The molecule has 0 bridgehead atoms. The number of thiophene rings is 1. The van der Waals surface area contributed by atoms with Crippen molar-refractivity contribution in [3.05, 3.63) is 51.5 Å². The molecule has 0 aliphatic carbocycles. The van der Waals surface area contributed by atoms with E-state index in [2.05, 4.69) is 5.10 Å². The van der Waals surface area contributed by atoms with Crippen LogP contribution in [0.25, 0.3) is 10.2 Å². The first kappa shape index (κ1) is 20.4. The third-order valence-corrected chi connectivity index (χ3v) is 6.01. The highest BCUT2D eigenvalue weighted by atomic mass is 35.5. The first-order valence-electron chi connectivity index (χ1n) is 8.90. The number of benzene rings is 1. The molecule has 0 fully saturated rings. The standard InChI is InChI=1S/C20H22ClN3O3S/c1-12(2)23(11-18(25)27-4)19(26)17-9-15-13(3)22-24(20(15)28-17)10-14-7-5-6-8-16(14)21/h5-9,12H,10-11H2,1-4H3. The molecular formula is C20H22ClN3O3S. The zero-order chi connectivity index (χ0) is 20.4. The lowest BCUT2D eigenvalue weighted by Crippen LogP contribution is -2.40. The second-order valence-corrected chi connectivity index (χ2v) is 8.20. The van der Waals surface area contributed by atoms with Crippen molar-refractivity contribution in [3.8, 4) is 0 Å². The Hall–Kier alpha value is -2.38. The van der Waals surface area contributed by atoms with Crippen molar-refractivity contribution < 1.29 is 14.3 Å². The van der Waals surface area contributed by atoms with E-state index >= 15 is 0 Å². The maximum absolute atomic E-state index is 13.0. The summed E-state index contributed by atoms with van der Waals surface area (Å²) in [6.07, 6.45) is 0. The fourth-order valence-electron chi connectivity index (χ4n) is 2.95. The maximum Gasteiger partial charge on any atom is 0.325 e. The number of carbonyl (C=O) groups excluding carboxylic acids is 2. The number of methoxy groups -OCH3 is 1. The topological polar surface area (TPSA) is 64.4 Å². The third kappa shape index (κ3) is 4.05. The Kier molecular flexibility index (Phi) is 6.05. The number of rotatable bonds is 6. The molecule has 8 heteroatoms. The predicted octanol–water partition coefficient (Wildman–Crippen LogP) is 4.13. The summed E-state index contributed by atoms with van der Waals surface area (Å²) < 4.78 is 6.59. The third-order valence-electron chi connectivity index (χ3n) is 4.51. The van der Waals surface area contributed by atoms with Crippen LogP contribution in [-0.2, 0) is 16.1 Å². The Bertz CT molecular complexity index is 1030. The van der Waals surface area contributed by atoms with E-state index in [9.17, 15) is 9.59 Å². The lowest BCUT2D eigenvalue weighted by atomic mass is 10.2. The van der Waals surface area contributed by atoms with Crippen LogP contribution in [0.15, 0.2) is 30.3 Å². The average molecular weight is 420 g/mol. The van der Waals surface area contributed by atoms with Gasteiger partial charge in [-0.1, -0.05) is 29.8 Å². The van der Waals surface area contributed by atoms with Crippen LogP contribution >= 0.6 is 22.9 Å². The van der Waals surface area contributed by atoms with Gasteiger partial charge in [0.1, 0.15) is 11.4 Å². The molecule has 6 nitrogen and oxygen atoms in total. The van der Waals surface area contributed by atoms with E-state index in [1.54, 1.807) is 0 Å². The molecule has 0 radical (unpaired) electrons. The van der Waals surface area contributed by atoms with E-state index in [4.69, 9.17) is 16.3 Å². The van der Waals surface area contributed by atoms with Crippen molar-refractivity contribution >= 4 is 45.0 Å². The van der Waals surface area contributed by atoms with Gasteiger partial charge in [0.15, 0.2) is 0 Å². The molecule has 0 unspecified atom stereocenters. The number of hydrogen-bond donors (Lipinski definition) is 0. The minimum absolute atomic E-state index is 0.0774. The zero-order valence-corrected chi connectivity index (χ0v) is 17.8. The summed E-state index contributed by atoms with van der Waals surface area (Å²) in [5.41, 5.74) is 1.81. The second kappa shape index (κ2) is 8.32. The minimum atomic E-state index is -0.441. The number of esters is 1. The monoisotopic (exact) mass is 419 g/mol. The molecule has 0 saturated heterocycles. The van der Waals surface area contributed by atoms with Gasteiger partial charge in [-0.25, -0.2) is 0 Å². The largest absolute Gasteiger partial charge is 0.468 e. The Morgan fingerprint density at radius 2 is 2.04 bits per heavy atom. The molecule has 1 amide bonds. The van der Waals surface area contributed by atoms with Crippen molar-refractivity contribution in [2.24, 2.45) is 0 Å². The van der Waals surface area contributed by atoms with Gasteiger partial charge in [0, 0.05) is 16.5 Å². The molecule has 2 aromatic heterocycles. The van der Waals surface area contributed by atoms with Crippen molar-refractivity contribution in [1.29, 1.82) is 0 Å². The molecule has 2 heterocycles. The van der Waals surface area contributed by atoms with E-state index in [1.807, 2.05) is 55.8 Å². The SMILES string of the molecule is COC(=O)CN(C(=O)c1cc2c(C)nn(Cc3ccccc3Cl)c2s1)C(C)C. The summed E-state index contributed by atoms with van der Waals surface area (Å²) >= 11 is 7.66. The molecule has 3 aromatic rings. The van der Waals surface area contributed by atoms with Crippen molar-refractivity contribution in [3.63, 3.8) is 0 Å². The van der Waals surface area contributed by atoms with Gasteiger partial charge in [0.05, 0.1) is 24.2 Å². The summed E-state index contributed by atoms with van der Waals surface area (Å²) in [4.78, 5) is 27.7. The number of nitrogens with zero attached hydrogens (tertiary/aromatic N) is 3. The van der Waals surface area contributed by atoms with Crippen LogP contribution in [0, 0.1) is 6.92 Å². The molecule has 0 atom stereocenters. The number of amides is 1. The molecule has 3 rings (SSSR count). The summed E-state index contributed by atoms with van der Waals surface area (Å²) in [6, 6.07) is 9.35. The molecular weight excluding hydrogens is 398 g/mol. The van der Waals surface area contributed by atoms with Crippen molar-refractivity contribution in [2.45, 2.75) is 33.4 Å². The highest BCUT2D eigenvalue weighted by Crippen LogP contribution is 2.30. The maximum atomic E-state index is 13.0. The Labute approximate surface area is 172 Å². The first-order valence-corrected chi connectivity index (χ1v) is 10.1. The van der Waals surface area contributed by atoms with Crippen LogP contribution in [0.4, 0.5) is 0 Å². The molecule has 0 aliphatic rings. The summed E-state index contributed by atoms with van der Waals surface area (Å²) in [7, 11) is 1.32. The summed E-state index contributed by atoms with van der Waals surface area (Å²) in [6.45, 7) is 6.11. The number of fused-ring (bicyclic) bond motifs is 1. The number of carbonyl (C=O) groups is 2. The van der Waals surface area contributed by atoms with Gasteiger partial charge in [-0.05, 0) is 38.5 Å². The van der Waals surface area contributed by atoms with Crippen LogP contribution in [0.3, 0.4) is 0 Å². The lowest BCUT2D eigenvalue weighted by molar-refractivity contribution is -0.141. The molecule has 28 heavy (non-hydrogen) atoms. The van der Waals surface area contributed by atoms with Crippen molar-refractivity contribution in [2.75, 3.05) is 13.7 Å². The minimum Gasteiger partial charge on any atom is -0.468 e. The molecule has 0 aliphatic heterocycles. The number of hydrogen-bond acceptors (Lipinski definition) is 5. The molecule has 148 valence electrons. The number of aryl methyl sites for hydroxylation is 1. The van der Waals surface area contributed by atoms with Gasteiger partial charge in [-0.3, -0.25) is 14.3 Å². The Balaban J connectivity index is 1.94. The van der Waals surface area contributed by atoms with Gasteiger partial charge in [-0.15, -0.1) is 11.3 Å². The van der Waals surface area contributed by atoms with E-state index in [0.29, 0.717) is 16.4 Å². The van der Waals surface area contributed by atoms with Crippen LogP contribution in [0.5, 0.6) is 0 Å². The number of halogens is 1. The molecule has 0 saturated carbocycles. The van der Waals surface area contributed by atoms with Gasteiger partial charge in [-0.2, -0.15) is 5.10 Å². The smallest absolute Gasteiger partial charge is 0.325 e. The normalized spacial score (nSPS) is 11.2. The van der Waals surface area contributed by atoms with E-state index in [-0.39, 0.29) is 18.5 Å². The summed E-state index contributed by atoms with van der Waals surface area (Å²) in [5.74, 6) is -0.630. The second-order valence-electron chi connectivity index (χ2n) is 6.77. The lowest BCUT2D eigenvalue weighted by Gasteiger charge is -2.24.